The predicted octanol–water partition coefficient (Wildman–Crippen LogP) is 5.88. The molecule has 0 aliphatic heterocycles. The van der Waals surface area contributed by atoms with E-state index in [0.29, 0.717) is 27.6 Å². The van der Waals surface area contributed by atoms with E-state index in [9.17, 15) is 19.2 Å². The number of methoxy groups -OCH3 is 2. The lowest BCUT2D eigenvalue weighted by Crippen LogP contribution is -2.09. The van der Waals surface area contributed by atoms with Gasteiger partial charge in [-0.1, -0.05) is 17.7 Å². The molecule has 4 aromatic rings. The lowest BCUT2D eigenvalue weighted by Gasteiger charge is -2.18. The maximum Gasteiger partial charge on any atom is 0.344 e. The summed E-state index contributed by atoms with van der Waals surface area (Å²) < 4.78 is 32.5. The van der Waals surface area contributed by atoms with Gasteiger partial charge in [-0.3, -0.25) is 14.4 Å². The molecule has 0 spiro atoms. The minimum Gasteiger partial charge on any atom is -0.493 e. The van der Waals surface area contributed by atoms with Crippen LogP contribution in [0.5, 0.6) is 28.7 Å². The smallest absolute Gasteiger partial charge is 0.344 e. The van der Waals surface area contributed by atoms with Crippen LogP contribution in [0.25, 0.3) is 33.2 Å². The molecule has 3 aromatic carbocycles. The second-order valence-electron chi connectivity index (χ2n) is 8.84. The second kappa shape index (κ2) is 11.7. The van der Waals surface area contributed by atoms with Gasteiger partial charge in [0.25, 0.3) is 0 Å². The first-order chi connectivity index (χ1) is 19.4. The van der Waals surface area contributed by atoms with Gasteiger partial charge in [-0.25, -0.2) is 4.79 Å². The van der Waals surface area contributed by atoms with Gasteiger partial charge in [-0.2, -0.15) is 0 Å². The van der Waals surface area contributed by atoms with Crippen LogP contribution in [0.4, 0.5) is 0 Å². The van der Waals surface area contributed by atoms with Crippen LogP contribution in [0.15, 0.2) is 51.7 Å². The Morgan fingerprint density at radius 2 is 1.27 bits per heavy atom. The summed E-state index contributed by atoms with van der Waals surface area (Å²) in [7, 11) is 2.76. The Bertz CT molecular complexity index is 1740. The van der Waals surface area contributed by atoms with Gasteiger partial charge >= 0.3 is 23.5 Å². The zero-order valence-corrected chi connectivity index (χ0v) is 23.8. The monoisotopic (exact) mass is 580 g/mol. The largest absolute Gasteiger partial charge is 0.493 e. The van der Waals surface area contributed by atoms with Crippen molar-refractivity contribution in [2.24, 2.45) is 0 Å². The Balaban J connectivity index is 2.11. The standard InChI is InChI=1S/C30H25ClO10/c1-14-22(38-15(2)32)10-8-20-26(18-7-9-23(21(31)11-18)39-16(3)33)27(30(35)41-28(14)20)19-12-24(36-5)29(40-17(4)34)25(13-19)37-6/h7-13H,1-6H3. The number of rotatable bonds is 7. The maximum atomic E-state index is 13.7. The van der Waals surface area contributed by atoms with Crippen molar-refractivity contribution in [3.8, 4) is 51.0 Å². The molecule has 10 nitrogen and oxygen atoms in total. The molecule has 0 N–H and O–H groups in total. The number of hydrogen-bond donors (Lipinski definition) is 0. The summed E-state index contributed by atoms with van der Waals surface area (Å²) in [6.07, 6.45) is 0. The average molecular weight is 581 g/mol. The fraction of sp³-hybridized carbons (Fsp3) is 0.200. The SMILES string of the molecule is COc1cc(-c2c(-c3ccc(OC(C)=O)c(Cl)c3)c3ccc(OC(C)=O)c(C)c3oc2=O)cc(OC)c1OC(C)=O. The van der Waals surface area contributed by atoms with Crippen molar-refractivity contribution in [1.82, 2.24) is 0 Å². The normalized spacial score (nSPS) is 10.7. The van der Waals surface area contributed by atoms with Crippen LogP contribution in [0.2, 0.25) is 5.02 Å². The van der Waals surface area contributed by atoms with Crippen LogP contribution in [0.1, 0.15) is 26.3 Å². The molecular formula is C30H25ClO10. The van der Waals surface area contributed by atoms with E-state index in [-0.39, 0.29) is 44.9 Å². The zero-order chi connectivity index (χ0) is 30.0. The van der Waals surface area contributed by atoms with Gasteiger partial charge in [0.05, 0.1) is 24.8 Å². The highest BCUT2D eigenvalue weighted by Gasteiger charge is 2.25. The molecule has 1 aromatic heterocycles. The lowest BCUT2D eigenvalue weighted by molar-refractivity contribution is -0.133. The van der Waals surface area contributed by atoms with E-state index in [2.05, 4.69) is 0 Å². The summed E-state index contributed by atoms with van der Waals surface area (Å²) in [6.45, 7) is 5.41. The molecule has 0 fully saturated rings. The van der Waals surface area contributed by atoms with Crippen molar-refractivity contribution in [3.63, 3.8) is 0 Å². The number of halogens is 1. The fourth-order valence-corrected chi connectivity index (χ4v) is 4.59. The predicted molar refractivity (Wildman–Crippen MR) is 150 cm³/mol. The van der Waals surface area contributed by atoms with Crippen LogP contribution in [-0.2, 0) is 14.4 Å². The number of esters is 3. The summed E-state index contributed by atoms with van der Waals surface area (Å²) in [4.78, 5) is 48.6. The van der Waals surface area contributed by atoms with Crippen LogP contribution in [0, 0.1) is 6.92 Å². The van der Waals surface area contributed by atoms with Gasteiger partial charge in [0.15, 0.2) is 11.5 Å². The highest BCUT2D eigenvalue weighted by atomic mass is 35.5. The van der Waals surface area contributed by atoms with E-state index in [0.717, 1.165) is 0 Å². The topological polar surface area (TPSA) is 128 Å². The summed E-state index contributed by atoms with van der Waals surface area (Å²) in [6, 6.07) is 11.0. The molecule has 0 saturated carbocycles. The van der Waals surface area contributed by atoms with E-state index in [1.54, 1.807) is 31.2 Å². The van der Waals surface area contributed by atoms with E-state index in [1.807, 2.05) is 0 Å². The molecule has 0 unspecified atom stereocenters. The Kier molecular flexibility index (Phi) is 8.34. The Morgan fingerprint density at radius 1 is 0.707 bits per heavy atom. The summed E-state index contributed by atoms with van der Waals surface area (Å²) in [5.41, 5.74) is 1.20. The van der Waals surface area contributed by atoms with E-state index in [4.69, 9.17) is 39.7 Å². The van der Waals surface area contributed by atoms with Crippen LogP contribution >= 0.6 is 11.6 Å². The number of fused-ring (bicyclic) bond motifs is 1. The third-order valence-corrected chi connectivity index (χ3v) is 6.29. The number of benzene rings is 3. The molecule has 212 valence electrons. The van der Waals surface area contributed by atoms with E-state index < -0.39 is 23.5 Å². The molecule has 0 amide bonds. The number of aryl methyl sites for hydroxylation is 1. The maximum absolute atomic E-state index is 13.7. The van der Waals surface area contributed by atoms with E-state index >= 15 is 0 Å². The van der Waals surface area contributed by atoms with Crippen LogP contribution in [-0.4, -0.2) is 32.1 Å². The van der Waals surface area contributed by atoms with Crippen molar-refractivity contribution in [2.75, 3.05) is 14.2 Å². The van der Waals surface area contributed by atoms with Gasteiger partial charge in [0.1, 0.15) is 17.1 Å². The number of hydrogen-bond acceptors (Lipinski definition) is 10. The van der Waals surface area contributed by atoms with Crippen molar-refractivity contribution in [3.05, 3.63) is 63.5 Å². The average Bonchev–Trinajstić information content (AvgIpc) is 2.90. The van der Waals surface area contributed by atoms with Crippen molar-refractivity contribution in [1.29, 1.82) is 0 Å². The third kappa shape index (κ3) is 5.87. The third-order valence-electron chi connectivity index (χ3n) is 6.00. The Labute approximate surface area is 239 Å². The first-order valence-electron chi connectivity index (χ1n) is 12.2. The molecule has 11 heteroatoms. The van der Waals surface area contributed by atoms with Crippen molar-refractivity contribution in [2.45, 2.75) is 27.7 Å². The highest BCUT2D eigenvalue weighted by molar-refractivity contribution is 6.32. The molecule has 0 saturated heterocycles. The first-order valence-corrected chi connectivity index (χ1v) is 12.5. The van der Waals surface area contributed by atoms with Gasteiger partial charge < -0.3 is 28.1 Å². The van der Waals surface area contributed by atoms with E-state index in [1.165, 1.54) is 53.2 Å². The van der Waals surface area contributed by atoms with Gasteiger partial charge in [-0.15, -0.1) is 0 Å². The van der Waals surface area contributed by atoms with Crippen LogP contribution < -0.4 is 29.3 Å². The molecule has 0 aliphatic rings. The lowest BCUT2D eigenvalue weighted by atomic mass is 9.91. The summed E-state index contributed by atoms with van der Waals surface area (Å²) in [5.74, 6) is -1.02. The highest BCUT2D eigenvalue weighted by Crippen LogP contribution is 2.45. The minimum atomic E-state index is -0.736. The minimum absolute atomic E-state index is 0.0358. The van der Waals surface area contributed by atoms with Gasteiger partial charge in [0, 0.05) is 37.3 Å². The van der Waals surface area contributed by atoms with Gasteiger partial charge in [0.2, 0.25) is 5.75 Å². The van der Waals surface area contributed by atoms with Crippen LogP contribution in [0.3, 0.4) is 0 Å². The Morgan fingerprint density at radius 3 is 1.80 bits per heavy atom. The Hall–Kier alpha value is -4.83. The summed E-state index contributed by atoms with van der Waals surface area (Å²) in [5, 5.41) is 0.616. The second-order valence-corrected chi connectivity index (χ2v) is 9.25. The number of carbonyl (C=O) groups is 3. The molecule has 0 aliphatic carbocycles. The summed E-state index contributed by atoms with van der Waals surface area (Å²) >= 11 is 6.47. The molecule has 0 bridgehead atoms. The first kappa shape index (κ1) is 29.2. The zero-order valence-electron chi connectivity index (χ0n) is 23.0. The van der Waals surface area contributed by atoms with Crippen molar-refractivity contribution < 1.29 is 42.5 Å². The molecule has 4 rings (SSSR count). The number of ether oxygens (including phenoxy) is 5. The quantitative estimate of drug-likeness (QED) is 0.148. The number of carbonyl (C=O) groups excluding carboxylic acids is 3. The molecular weight excluding hydrogens is 556 g/mol. The fourth-order valence-electron chi connectivity index (χ4n) is 4.37. The molecule has 0 atom stereocenters. The molecule has 0 radical (unpaired) electrons. The molecule has 41 heavy (non-hydrogen) atoms. The molecule has 1 heterocycles. The van der Waals surface area contributed by atoms with Crippen molar-refractivity contribution >= 4 is 40.5 Å². The van der Waals surface area contributed by atoms with Gasteiger partial charge in [-0.05, 0) is 54.4 Å².